The van der Waals surface area contributed by atoms with E-state index in [1.54, 1.807) is 25.1 Å². The largest absolute Gasteiger partial charge is 0.493 e. The maximum atomic E-state index is 11.8. The number of ether oxygens (including phenoxy) is 2. The highest BCUT2D eigenvalue weighted by Crippen LogP contribution is 2.25. The second kappa shape index (κ2) is 9.00. The summed E-state index contributed by atoms with van der Waals surface area (Å²) in [7, 11) is 0. The third kappa shape index (κ3) is 5.45. The van der Waals surface area contributed by atoms with Crippen molar-refractivity contribution in [3.05, 3.63) is 23.8 Å². The number of hydrogen-bond acceptors (Lipinski definition) is 4. The summed E-state index contributed by atoms with van der Waals surface area (Å²) >= 11 is 0. The van der Waals surface area contributed by atoms with Crippen LogP contribution in [0.25, 0.3) is 0 Å². The second-order valence-electron chi connectivity index (χ2n) is 4.72. The lowest BCUT2D eigenvalue weighted by Crippen LogP contribution is -2.36. The Morgan fingerprint density at radius 1 is 1.33 bits per heavy atom. The van der Waals surface area contributed by atoms with Crippen molar-refractivity contribution in [2.75, 3.05) is 13.2 Å². The van der Waals surface area contributed by atoms with Crippen LogP contribution in [0, 0.1) is 0 Å². The Hall–Kier alpha value is -2.04. The van der Waals surface area contributed by atoms with E-state index in [2.05, 4.69) is 5.32 Å². The van der Waals surface area contributed by atoms with Crippen molar-refractivity contribution in [2.45, 2.75) is 39.7 Å². The van der Waals surface area contributed by atoms with Gasteiger partial charge in [0, 0.05) is 12.6 Å². The molecule has 0 spiro atoms. The van der Waals surface area contributed by atoms with Crippen LogP contribution in [0.5, 0.6) is 11.5 Å². The minimum absolute atomic E-state index is 0.200. The van der Waals surface area contributed by atoms with Gasteiger partial charge < -0.3 is 14.8 Å². The molecule has 0 aromatic heterocycles. The monoisotopic (exact) mass is 293 g/mol. The third-order valence-electron chi connectivity index (χ3n) is 2.81. The van der Waals surface area contributed by atoms with Crippen molar-refractivity contribution in [1.29, 1.82) is 0 Å². The fourth-order valence-electron chi connectivity index (χ4n) is 1.66. The lowest BCUT2D eigenvalue weighted by Gasteiger charge is -2.16. The van der Waals surface area contributed by atoms with E-state index in [0.29, 0.717) is 36.5 Å². The maximum absolute atomic E-state index is 11.8. The molecule has 116 valence electrons. The van der Waals surface area contributed by atoms with E-state index in [9.17, 15) is 9.59 Å². The van der Waals surface area contributed by atoms with Crippen molar-refractivity contribution in [3.8, 4) is 11.5 Å². The van der Waals surface area contributed by atoms with Crippen LogP contribution in [-0.4, -0.2) is 31.4 Å². The molecule has 1 amide bonds. The third-order valence-corrected chi connectivity index (χ3v) is 2.81. The first-order valence-corrected chi connectivity index (χ1v) is 7.28. The van der Waals surface area contributed by atoms with Crippen molar-refractivity contribution >= 4 is 12.2 Å². The van der Waals surface area contributed by atoms with Gasteiger partial charge in [-0.15, -0.1) is 0 Å². The molecule has 0 heterocycles. The van der Waals surface area contributed by atoms with Crippen LogP contribution >= 0.6 is 0 Å². The highest BCUT2D eigenvalue weighted by Gasteiger charge is 2.16. The molecule has 0 aliphatic heterocycles. The predicted molar refractivity (Wildman–Crippen MR) is 81.0 cm³/mol. The molecule has 1 unspecified atom stereocenters. The van der Waals surface area contributed by atoms with E-state index < -0.39 is 6.10 Å². The summed E-state index contributed by atoms with van der Waals surface area (Å²) in [4.78, 5) is 22.9. The van der Waals surface area contributed by atoms with Crippen molar-refractivity contribution < 1.29 is 19.1 Å². The second-order valence-corrected chi connectivity index (χ2v) is 4.72. The molecule has 1 N–H and O–H groups in total. The summed E-state index contributed by atoms with van der Waals surface area (Å²) in [5.74, 6) is 0.782. The lowest BCUT2D eigenvalue weighted by molar-refractivity contribution is -0.127. The van der Waals surface area contributed by atoms with E-state index in [1.165, 1.54) is 0 Å². The minimum Gasteiger partial charge on any atom is -0.493 e. The van der Waals surface area contributed by atoms with Crippen LogP contribution in [0.3, 0.4) is 0 Å². The minimum atomic E-state index is -0.670. The van der Waals surface area contributed by atoms with Gasteiger partial charge in [-0.3, -0.25) is 9.59 Å². The van der Waals surface area contributed by atoms with Gasteiger partial charge in [0.25, 0.3) is 5.91 Å². The van der Waals surface area contributed by atoms with Gasteiger partial charge in [0.1, 0.15) is 11.5 Å². The van der Waals surface area contributed by atoms with Crippen molar-refractivity contribution in [1.82, 2.24) is 5.32 Å². The van der Waals surface area contributed by atoms with Gasteiger partial charge in [-0.1, -0.05) is 13.8 Å². The first-order valence-electron chi connectivity index (χ1n) is 7.28. The van der Waals surface area contributed by atoms with E-state index >= 15 is 0 Å². The number of carbonyl (C=O) groups is 2. The predicted octanol–water partition coefficient (Wildman–Crippen LogP) is 2.58. The molecule has 0 saturated heterocycles. The number of aldehydes is 1. The Labute approximate surface area is 125 Å². The Kier molecular flexibility index (Phi) is 7.29. The number of rotatable bonds is 9. The normalized spacial score (nSPS) is 11.6. The van der Waals surface area contributed by atoms with Crippen molar-refractivity contribution in [3.63, 3.8) is 0 Å². The molecule has 5 heteroatoms. The number of benzene rings is 1. The summed E-state index contributed by atoms with van der Waals surface area (Å²) in [6.45, 7) is 6.83. The van der Waals surface area contributed by atoms with E-state index in [1.807, 2.05) is 13.8 Å². The van der Waals surface area contributed by atoms with Gasteiger partial charge in [-0.05, 0) is 31.9 Å². The molecule has 5 nitrogen and oxygen atoms in total. The number of carbonyl (C=O) groups excluding carboxylic acids is 2. The topological polar surface area (TPSA) is 64.6 Å². The molecule has 21 heavy (non-hydrogen) atoms. The van der Waals surface area contributed by atoms with E-state index in [-0.39, 0.29) is 5.91 Å². The van der Waals surface area contributed by atoms with Gasteiger partial charge in [0.15, 0.2) is 12.4 Å². The molecule has 0 saturated carbocycles. The highest BCUT2D eigenvalue weighted by atomic mass is 16.5. The number of amides is 1. The first kappa shape index (κ1) is 17.0. The zero-order valence-corrected chi connectivity index (χ0v) is 12.8. The zero-order chi connectivity index (χ0) is 15.7. The summed E-state index contributed by atoms with van der Waals surface area (Å²) in [5.41, 5.74) is 0.397. The average molecular weight is 293 g/mol. The molecular weight excluding hydrogens is 270 g/mol. The smallest absolute Gasteiger partial charge is 0.260 e. The van der Waals surface area contributed by atoms with Gasteiger partial charge in [-0.25, -0.2) is 0 Å². The zero-order valence-electron chi connectivity index (χ0n) is 12.8. The van der Waals surface area contributed by atoms with Crippen LogP contribution in [-0.2, 0) is 4.79 Å². The molecule has 1 aromatic carbocycles. The summed E-state index contributed by atoms with van der Waals surface area (Å²) < 4.78 is 11.1. The Bertz CT molecular complexity index is 473. The highest BCUT2D eigenvalue weighted by molar-refractivity contribution is 5.82. The van der Waals surface area contributed by atoms with Crippen LogP contribution in [0.1, 0.15) is 44.0 Å². The molecule has 1 atom stereocenters. The molecular formula is C16H23NO4. The molecule has 1 rings (SSSR count). The van der Waals surface area contributed by atoms with Gasteiger partial charge in [0.05, 0.1) is 12.2 Å². The molecule has 0 fully saturated rings. The van der Waals surface area contributed by atoms with E-state index in [4.69, 9.17) is 9.47 Å². The molecule has 0 aliphatic rings. The standard InChI is InChI=1S/C16H23NO4/c1-4-8-17-16(19)12(3)21-15-10-14(20-9-5-2)7-6-13(15)11-18/h6-7,10-12H,4-5,8-9H2,1-3H3,(H,17,19). The van der Waals surface area contributed by atoms with Gasteiger partial charge >= 0.3 is 0 Å². The first-order chi connectivity index (χ1) is 10.1. The van der Waals surface area contributed by atoms with Crippen LogP contribution in [0.4, 0.5) is 0 Å². The fourth-order valence-corrected chi connectivity index (χ4v) is 1.66. The molecule has 1 aromatic rings. The lowest BCUT2D eigenvalue weighted by atomic mass is 10.2. The summed E-state index contributed by atoms with van der Waals surface area (Å²) in [6.07, 6.45) is 1.78. The van der Waals surface area contributed by atoms with Gasteiger partial charge in [-0.2, -0.15) is 0 Å². The Morgan fingerprint density at radius 2 is 2.10 bits per heavy atom. The van der Waals surface area contributed by atoms with Crippen LogP contribution < -0.4 is 14.8 Å². The Morgan fingerprint density at radius 3 is 2.71 bits per heavy atom. The number of nitrogens with one attached hydrogen (secondary N) is 1. The van der Waals surface area contributed by atoms with Gasteiger partial charge in [0.2, 0.25) is 0 Å². The fraction of sp³-hybridized carbons (Fsp3) is 0.500. The Balaban J connectivity index is 2.79. The molecule has 0 aliphatic carbocycles. The summed E-state index contributed by atoms with van der Waals surface area (Å²) in [5, 5.41) is 2.76. The number of hydrogen-bond donors (Lipinski definition) is 1. The van der Waals surface area contributed by atoms with Crippen LogP contribution in [0.15, 0.2) is 18.2 Å². The maximum Gasteiger partial charge on any atom is 0.260 e. The molecule has 0 bridgehead atoms. The van der Waals surface area contributed by atoms with Crippen molar-refractivity contribution in [2.24, 2.45) is 0 Å². The summed E-state index contributed by atoms with van der Waals surface area (Å²) in [6, 6.07) is 4.99. The van der Waals surface area contributed by atoms with Crippen LogP contribution in [0.2, 0.25) is 0 Å². The van der Waals surface area contributed by atoms with E-state index in [0.717, 1.165) is 12.8 Å². The SMILES string of the molecule is CCCNC(=O)C(C)Oc1cc(OCCC)ccc1C=O. The quantitative estimate of drug-likeness (QED) is 0.711. The molecule has 0 radical (unpaired) electrons. The average Bonchev–Trinajstić information content (AvgIpc) is 2.50.